The molecule has 27 heavy (non-hydrogen) atoms. The van der Waals surface area contributed by atoms with Gasteiger partial charge in [-0.3, -0.25) is 4.79 Å². The quantitative estimate of drug-likeness (QED) is 0.716. The van der Waals surface area contributed by atoms with E-state index in [9.17, 15) is 9.18 Å². The monoisotopic (exact) mass is 372 g/mol. The molecule has 1 aliphatic heterocycles. The number of hydrogen-bond acceptors (Lipinski definition) is 3. The van der Waals surface area contributed by atoms with Crippen molar-refractivity contribution in [3.05, 3.63) is 54.4 Å². The first-order valence-corrected chi connectivity index (χ1v) is 9.84. The molecule has 1 aliphatic rings. The molecule has 1 unspecified atom stereocenters. The van der Waals surface area contributed by atoms with Gasteiger partial charge in [-0.1, -0.05) is 12.1 Å². The molecule has 0 spiro atoms. The van der Waals surface area contributed by atoms with E-state index >= 15 is 0 Å². The number of hydrogen-bond donors (Lipinski definition) is 0. The fourth-order valence-electron chi connectivity index (χ4n) is 3.84. The van der Waals surface area contributed by atoms with Crippen LogP contribution in [0.25, 0.3) is 0 Å². The third kappa shape index (κ3) is 5.89. The molecule has 6 heteroatoms. The Morgan fingerprint density at radius 2 is 2.30 bits per heavy atom. The van der Waals surface area contributed by atoms with Gasteiger partial charge in [-0.05, 0) is 56.3 Å². The second-order valence-electron chi connectivity index (χ2n) is 7.36. The summed E-state index contributed by atoms with van der Waals surface area (Å²) in [7, 11) is 0. The maximum absolute atomic E-state index is 13.3. The first kappa shape index (κ1) is 19.5. The van der Waals surface area contributed by atoms with Crippen LogP contribution < -0.4 is 0 Å². The number of likely N-dealkylation sites (N-methyl/N-ethyl adjacent to an activating group) is 1. The molecule has 0 radical (unpaired) electrons. The lowest BCUT2D eigenvalue weighted by atomic mass is 9.96. The number of imidazole rings is 1. The zero-order valence-electron chi connectivity index (χ0n) is 16.1. The van der Waals surface area contributed by atoms with Crippen LogP contribution in [0.15, 0.2) is 43.0 Å². The highest BCUT2D eigenvalue weighted by Crippen LogP contribution is 2.18. The molecule has 1 amide bonds. The summed E-state index contributed by atoms with van der Waals surface area (Å²) in [5, 5.41) is 0. The van der Waals surface area contributed by atoms with Crippen LogP contribution in [0, 0.1) is 11.7 Å². The molecular weight excluding hydrogens is 343 g/mol. The summed E-state index contributed by atoms with van der Waals surface area (Å²) >= 11 is 0. The van der Waals surface area contributed by atoms with E-state index in [1.165, 1.54) is 6.07 Å². The summed E-state index contributed by atoms with van der Waals surface area (Å²) in [5.74, 6) is 0.476. The summed E-state index contributed by atoms with van der Waals surface area (Å²) in [6.45, 7) is 6.95. The molecule has 2 heterocycles. The highest BCUT2D eigenvalue weighted by atomic mass is 19.1. The van der Waals surface area contributed by atoms with Crippen molar-refractivity contribution in [1.29, 1.82) is 0 Å². The average Bonchev–Trinajstić information content (AvgIpc) is 3.18. The van der Waals surface area contributed by atoms with Crippen LogP contribution in [0.1, 0.15) is 25.3 Å². The van der Waals surface area contributed by atoms with Gasteiger partial charge in [0.25, 0.3) is 0 Å². The lowest BCUT2D eigenvalue weighted by Gasteiger charge is -2.35. The van der Waals surface area contributed by atoms with Gasteiger partial charge in [0.05, 0.1) is 6.33 Å². The van der Waals surface area contributed by atoms with Crippen LogP contribution in [0.4, 0.5) is 4.39 Å². The third-order valence-corrected chi connectivity index (χ3v) is 5.30. The van der Waals surface area contributed by atoms with Crippen molar-refractivity contribution >= 4 is 5.91 Å². The molecule has 2 aromatic rings. The van der Waals surface area contributed by atoms with E-state index < -0.39 is 0 Å². The number of carbonyl (C=O) groups excluding carboxylic acids is 1. The smallest absolute Gasteiger partial charge is 0.242 e. The summed E-state index contributed by atoms with van der Waals surface area (Å²) in [5.41, 5.74) is 1.04. The zero-order valence-corrected chi connectivity index (χ0v) is 16.1. The van der Waals surface area contributed by atoms with Crippen molar-refractivity contribution in [2.75, 3.05) is 32.7 Å². The summed E-state index contributed by atoms with van der Waals surface area (Å²) < 4.78 is 15.1. The van der Waals surface area contributed by atoms with Gasteiger partial charge in [-0.15, -0.1) is 0 Å². The van der Waals surface area contributed by atoms with Crippen molar-refractivity contribution in [2.24, 2.45) is 5.92 Å². The van der Waals surface area contributed by atoms with Gasteiger partial charge in [-0.2, -0.15) is 0 Å². The average molecular weight is 372 g/mol. The van der Waals surface area contributed by atoms with Crippen LogP contribution >= 0.6 is 0 Å². The van der Waals surface area contributed by atoms with Crippen molar-refractivity contribution in [3.63, 3.8) is 0 Å². The Morgan fingerprint density at radius 3 is 3.04 bits per heavy atom. The second kappa shape index (κ2) is 9.65. The van der Waals surface area contributed by atoms with E-state index in [0.29, 0.717) is 12.5 Å². The van der Waals surface area contributed by atoms with E-state index in [1.54, 1.807) is 24.7 Å². The number of nitrogens with zero attached hydrogens (tertiary/aromatic N) is 4. The maximum atomic E-state index is 13.3. The van der Waals surface area contributed by atoms with Gasteiger partial charge in [-0.25, -0.2) is 9.37 Å². The molecule has 1 aromatic heterocycles. The summed E-state index contributed by atoms with van der Waals surface area (Å²) in [6, 6.07) is 6.86. The Bertz CT molecular complexity index is 719. The molecule has 0 saturated carbocycles. The van der Waals surface area contributed by atoms with Crippen LogP contribution in [0.3, 0.4) is 0 Å². The number of amides is 1. The van der Waals surface area contributed by atoms with Gasteiger partial charge in [0.2, 0.25) is 5.91 Å². The SMILES string of the molecule is CCN(CC1CCCN(CCc2cccc(F)c2)C1)C(=O)Cn1ccnc1. The second-order valence-corrected chi connectivity index (χ2v) is 7.36. The predicted octanol–water partition coefficient (Wildman–Crippen LogP) is 2.83. The van der Waals surface area contributed by atoms with Crippen molar-refractivity contribution < 1.29 is 9.18 Å². The lowest BCUT2D eigenvalue weighted by molar-refractivity contribution is -0.132. The minimum atomic E-state index is -0.168. The van der Waals surface area contributed by atoms with E-state index in [2.05, 4.69) is 9.88 Å². The van der Waals surface area contributed by atoms with Gasteiger partial charge in [0, 0.05) is 38.6 Å². The molecule has 0 aliphatic carbocycles. The molecule has 5 nitrogen and oxygen atoms in total. The molecule has 146 valence electrons. The molecule has 3 rings (SSSR count). The van der Waals surface area contributed by atoms with Gasteiger partial charge >= 0.3 is 0 Å². The lowest BCUT2D eigenvalue weighted by Crippen LogP contribution is -2.44. The summed E-state index contributed by atoms with van der Waals surface area (Å²) in [6.07, 6.45) is 8.37. The zero-order chi connectivity index (χ0) is 19.1. The number of aromatic nitrogens is 2. The molecule has 0 N–H and O–H groups in total. The van der Waals surface area contributed by atoms with Crippen LogP contribution in [-0.2, 0) is 17.8 Å². The highest BCUT2D eigenvalue weighted by molar-refractivity contribution is 5.75. The molecule has 1 saturated heterocycles. The minimum absolute atomic E-state index is 0.146. The Balaban J connectivity index is 1.48. The largest absolute Gasteiger partial charge is 0.341 e. The Hall–Kier alpha value is -2.21. The van der Waals surface area contributed by atoms with E-state index in [1.807, 2.05) is 28.7 Å². The Labute approximate surface area is 160 Å². The van der Waals surface area contributed by atoms with E-state index in [4.69, 9.17) is 0 Å². The van der Waals surface area contributed by atoms with Crippen LogP contribution in [0.2, 0.25) is 0 Å². The third-order valence-electron chi connectivity index (χ3n) is 5.30. The number of likely N-dealkylation sites (tertiary alicyclic amines) is 1. The maximum Gasteiger partial charge on any atom is 0.242 e. The van der Waals surface area contributed by atoms with Gasteiger partial charge < -0.3 is 14.4 Å². The Kier molecular flexibility index (Phi) is 6.98. The minimum Gasteiger partial charge on any atom is -0.341 e. The van der Waals surface area contributed by atoms with E-state index in [-0.39, 0.29) is 11.7 Å². The van der Waals surface area contributed by atoms with Crippen molar-refractivity contribution in [3.8, 4) is 0 Å². The molecule has 1 aromatic carbocycles. The fraction of sp³-hybridized carbons (Fsp3) is 0.524. The van der Waals surface area contributed by atoms with Crippen LogP contribution in [0.5, 0.6) is 0 Å². The molecule has 0 bridgehead atoms. The van der Waals surface area contributed by atoms with Crippen molar-refractivity contribution in [1.82, 2.24) is 19.4 Å². The number of rotatable bonds is 8. The standard InChI is InChI=1S/C21H29FN4O/c1-2-26(21(27)16-25-12-9-23-17-25)15-19-6-4-10-24(14-19)11-8-18-5-3-7-20(22)13-18/h3,5,7,9,12-13,17,19H,2,4,6,8,10-11,14-16H2,1H3. The highest BCUT2D eigenvalue weighted by Gasteiger charge is 2.23. The fourth-order valence-corrected chi connectivity index (χ4v) is 3.84. The first-order chi connectivity index (χ1) is 13.1. The molecule has 1 atom stereocenters. The van der Waals surface area contributed by atoms with Gasteiger partial charge in [0.15, 0.2) is 0 Å². The normalized spacial score (nSPS) is 17.8. The van der Waals surface area contributed by atoms with Gasteiger partial charge in [0.1, 0.15) is 12.4 Å². The first-order valence-electron chi connectivity index (χ1n) is 9.84. The topological polar surface area (TPSA) is 41.4 Å². The van der Waals surface area contributed by atoms with Crippen LogP contribution in [-0.4, -0.2) is 58.0 Å². The Morgan fingerprint density at radius 1 is 1.41 bits per heavy atom. The molecular formula is C21H29FN4O. The number of halogens is 1. The number of piperidine rings is 1. The molecule has 1 fully saturated rings. The van der Waals surface area contributed by atoms with Crippen molar-refractivity contribution in [2.45, 2.75) is 32.7 Å². The van der Waals surface area contributed by atoms with E-state index in [0.717, 1.165) is 57.5 Å². The summed E-state index contributed by atoms with van der Waals surface area (Å²) in [4.78, 5) is 21.0. The number of carbonyl (C=O) groups is 1. The predicted molar refractivity (Wildman–Crippen MR) is 104 cm³/mol. The number of benzene rings is 1.